The van der Waals surface area contributed by atoms with Gasteiger partial charge in [0.05, 0.1) is 5.75 Å². The van der Waals surface area contributed by atoms with E-state index >= 15 is 0 Å². The Hall–Kier alpha value is -0.910. The Balaban J connectivity index is 2.51. The van der Waals surface area contributed by atoms with Crippen LogP contribution in [-0.4, -0.2) is 20.7 Å². The summed E-state index contributed by atoms with van der Waals surface area (Å²) in [7, 11) is -3.37. The maximum atomic E-state index is 10.8. The summed E-state index contributed by atoms with van der Waals surface area (Å²) < 4.78 is 21.6. The smallest absolute Gasteiger partial charge is 0.210 e. The van der Waals surface area contributed by atoms with Gasteiger partial charge in [-0.3, -0.25) is 0 Å². The molecule has 1 aromatic rings. The summed E-state index contributed by atoms with van der Waals surface area (Å²) in [4.78, 5) is 0. The first-order chi connectivity index (χ1) is 7.53. The molecular formula is C11H18N2O2S. The molecule has 0 amide bonds. The molecule has 4 nitrogen and oxygen atoms in total. The Labute approximate surface area is 96.9 Å². The molecule has 0 aliphatic heterocycles. The van der Waals surface area contributed by atoms with E-state index in [1.54, 1.807) is 0 Å². The average Bonchev–Trinajstić information content (AvgIpc) is 2.24. The van der Waals surface area contributed by atoms with E-state index in [9.17, 15) is 8.42 Å². The normalized spacial score (nSPS) is 13.6. The number of hydrogen-bond acceptors (Lipinski definition) is 3. The zero-order valence-electron chi connectivity index (χ0n) is 9.39. The molecule has 0 radical (unpaired) electrons. The fourth-order valence-corrected chi connectivity index (χ4v) is 1.96. The molecule has 16 heavy (non-hydrogen) atoms. The van der Waals surface area contributed by atoms with Gasteiger partial charge in [-0.05, 0) is 12.0 Å². The van der Waals surface area contributed by atoms with Crippen LogP contribution < -0.4 is 10.5 Å². The first-order valence-electron chi connectivity index (χ1n) is 5.31. The van der Waals surface area contributed by atoms with E-state index in [0.29, 0.717) is 6.54 Å². The van der Waals surface area contributed by atoms with Gasteiger partial charge in [-0.15, -0.1) is 0 Å². The highest BCUT2D eigenvalue weighted by Gasteiger charge is 2.09. The van der Waals surface area contributed by atoms with Crippen LogP contribution in [0.3, 0.4) is 0 Å². The number of benzene rings is 1. The Morgan fingerprint density at radius 1 is 1.31 bits per heavy atom. The molecule has 0 aliphatic rings. The Morgan fingerprint density at radius 3 is 2.44 bits per heavy atom. The molecule has 0 aromatic heterocycles. The van der Waals surface area contributed by atoms with Crippen LogP contribution in [0.25, 0.3) is 0 Å². The van der Waals surface area contributed by atoms with Crippen molar-refractivity contribution in [2.75, 3.05) is 12.3 Å². The van der Waals surface area contributed by atoms with Gasteiger partial charge in [0.2, 0.25) is 10.0 Å². The Morgan fingerprint density at radius 2 is 1.94 bits per heavy atom. The standard InChI is InChI=1S/C11H18N2O2S/c1-2-11(10-6-4-3-5-7-10)13-8-9-16(12,14)15/h3-7,11,13H,2,8-9H2,1H3,(H2,12,14,15). The Kier molecular flexibility index (Phi) is 4.92. The van der Waals surface area contributed by atoms with Gasteiger partial charge in [0, 0.05) is 12.6 Å². The molecule has 1 aromatic carbocycles. The summed E-state index contributed by atoms with van der Waals surface area (Å²) >= 11 is 0. The molecule has 0 saturated heterocycles. The lowest BCUT2D eigenvalue weighted by atomic mass is 10.1. The fourth-order valence-electron chi connectivity index (χ4n) is 1.56. The van der Waals surface area contributed by atoms with Crippen molar-refractivity contribution < 1.29 is 8.42 Å². The minimum atomic E-state index is -3.37. The van der Waals surface area contributed by atoms with Crippen molar-refractivity contribution in [1.29, 1.82) is 0 Å². The van der Waals surface area contributed by atoms with E-state index < -0.39 is 10.0 Å². The van der Waals surface area contributed by atoms with Gasteiger partial charge in [0.1, 0.15) is 0 Å². The van der Waals surface area contributed by atoms with Crippen molar-refractivity contribution in [3.8, 4) is 0 Å². The van der Waals surface area contributed by atoms with Gasteiger partial charge in [0.15, 0.2) is 0 Å². The minimum Gasteiger partial charge on any atom is -0.309 e. The van der Waals surface area contributed by atoms with Crippen molar-refractivity contribution in [2.24, 2.45) is 5.14 Å². The summed E-state index contributed by atoms with van der Waals surface area (Å²) in [5.41, 5.74) is 1.17. The number of rotatable bonds is 6. The molecule has 1 rings (SSSR count). The van der Waals surface area contributed by atoms with Crippen molar-refractivity contribution in [3.05, 3.63) is 35.9 Å². The molecule has 0 heterocycles. The molecule has 0 bridgehead atoms. The number of hydrogen-bond donors (Lipinski definition) is 2. The predicted molar refractivity (Wildman–Crippen MR) is 65.5 cm³/mol. The molecule has 5 heteroatoms. The second-order valence-corrected chi connectivity index (χ2v) is 5.43. The molecule has 0 saturated carbocycles. The lowest BCUT2D eigenvalue weighted by molar-refractivity contribution is 0.531. The third-order valence-electron chi connectivity index (χ3n) is 2.39. The second kappa shape index (κ2) is 5.98. The summed E-state index contributed by atoms with van der Waals surface area (Å²) in [5, 5.41) is 8.12. The molecule has 3 N–H and O–H groups in total. The van der Waals surface area contributed by atoms with E-state index in [-0.39, 0.29) is 11.8 Å². The molecule has 0 aliphatic carbocycles. The average molecular weight is 242 g/mol. The number of primary sulfonamides is 1. The minimum absolute atomic E-state index is 0.0314. The summed E-state index contributed by atoms with van der Waals surface area (Å²) in [6.45, 7) is 2.44. The van der Waals surface area contributed by atoms with Crippen LogP contribution in [0.15, 0.2) is 30.3 Å². The van der Waals surface area contributed by atoms with Crippen LogP contribution in [0.4, 0.5) is 0 Å². The summed E-state index contributed by atoms with van der Waals surface area (Å²) in [6.07, 6.45) is 0.911. The van der Waals surface area contributed by atoms with E-state index in [0.717, 1.165) is 6.42 Å². The van der Waals surface area contributed by atoms with Crippen LogP contribution >= 0.6 is 0 Å². The molecule has 1 unspecified atom stereocenters. The lowest BCUT2D eigenvalue weighted by Gasteiger charge is -2.16. The molecule has 1 atom stereocenters. The van der Waals surface area contributed by atoms with E-state index in [1.165, 1.54) is 5.56 Å². The highest BCUT2D eigenvalue weighted by molar-refractivity contribution is 7.89. The molecule has 0 fully saturated rings. The third kappa shape index (κ3) is 4.74. The Bertz CT molecular complexity index is 403. The topological polar surface area (TPSA) is 72.2 Å². The van der Waals surface area contributed by atoms with Gasteiger partial charge in [-0.2, -0.15) is 0 Å². The molecular weight excluding hydrogens is 224 g/mol. The second-order valence-electron chi connectivity index (χ2n) is 3.69. The lowest BCUT2D eigenvalue weighted by Crippen LogP contribution is -2.29. The van der Waals surface area contributed by atoms with Crippen LogP contribution in [0, 0.1) is 0 Å². The van der Waals surface area contributed by atoms with Crippen molar-refractivity contribution >= 4 is 10.0 Å². The van der Waals surface area contributed by atoms with Crippen molar-refractivity contribution in [2.45, 2.75) is 19.4 Å². The SMILES string of the molecule is CCC(NCCS(N)(=O)=O)c1ccccc1. The van der Waals surface area contributed by atoms with Gasteiger partial charge < -0.3 is 5.32 Å². The van der Waals surface area contributed by atoms with Crippen molar-refractivity contribution in [3.63, 3.8) is 0 Å². The fraction of sp³-hybridized carbons (Fsp3) is 0.455. The first-order valence-corrected chi connectivity index (χ1v) is 7.03. The third-order valence-corrected chi connectivity index (χ3v) is 3.16. The van der Waals surface area contributed by atoms with E-state index in [1.807, 2.05) is 30.3 Å². The number of nitrogens with two attached hydrogens (primary N) is 1. The van der Waals surface area contributed by atoms with Gasteiger partial charge in [-0.25, -0.2) is 13.6 Å². The van der Waals surface area contributed by atoms with Crippen molar-refractivity contribution in [1.82, 2.24) is 5.32 Å². The van der Waals surface area contributed by atoms with Crippen LogP contribution in [0.2, 0.25) is 0 Å². The summed E-state index contributed by atoms with van der Waals surface area (Å²) in [5.74, 6) is -0.0314. The van der Waals surface area contributed by atoms with Gasteiger partial charge in [-0.1, -0.05) is 37.3 Å². The molecule has 90 valence electrons. The van der Waals surface area contributed by atoms with Crippen LogP contribution in [-0.2, 0) is 10.0 Å². The quantitative estimate of drug-likeness (QED) is 0.782. The van der Waals surface area contributed by atoms with Crippen LogP contribution in [0.5, 0.6) is 0 Å². The zero-order valence-corrected chi connectivity index (χ0v) is 10.2. The van der Waals surface area contributed by atoms with Crippen LogP contribution in [0.1, 0.15) is 24.9 Å². The predicted octanol–water partition coefficient (Wildman–Crippen LogP) is 1.02. The van der Waals surface area contributed by atoms with E-state index in [4.69, 9.17) is 5.14 Å². The highest BCUT2D eigenvalue weighted by Crippen LogP contribution is 2.15. The number of nitrogens with one attached hydrogen (secondary N) is 1. The molecule has 0 spiro atoms. The highest BCUT2D eigenvalue weighted by atomic mass is 32.2. The largest absolute Gasteiger partial charge is 0.309 e. The van der Waals surface area contributed by atoms with E-state index in [2.05, 4.69) is 12.2 Å². The monoisotopic (exact) mass is 242 g/mol. The number of sulfonamides is 1. The summed E-state index contributed by atoms with van der Waals surface area (Å²) in [6, 6.07) is 10.1. The maximum absolute atomic E-state index is 10.8. The van der Waals surface area contributed by atoms with Gasteiger partial charge >= 0.3 is 0 Å². The first kappa shape index (κ1) is 13.2. The maximum Gasteiger partial charge on any atom is 0.210 e. The van der Waals surface area contributed by atoms with Gasteiger partial charge in [0.25, 0.3) is 0 Å². The zero-order chi connectivity index (χ0) is 12.0.